The molecule has 1 aliphatic carbocycles. The minimum atomic E-state index is -0.243. The molecule has 2 aliphatic rings. The molecule has 0 N–H and O–H groups in total. The van der Waals surface area contributed by atoms with E-state index in [1.165, 1.54) is 30.4 Å². The molecule has 2 bridgehead atoms. The Hall–Kier alpha value is -2.15. The van der Waals surface area contributed by atoms with Crippen LogP contribution in [0.2, 0.25) is 0 Å². The van der Waals surface area contributed by atoms with Crippen LogP contribution in [-0.2, 0) is 16.9 Å². The zero-order valence-electron chi connectivity index (χ0n) is 16.1. The Morgan fingerprint density at radius 2 is 1.81 bits per heavy atom. The second-order valence-corrected chi connectivity index (χ2v) is 7.92. The van der Waals surface area contributed by atoms with Gasteiger partial charge in [-0.15, -0.1) is 0 Å². The van der Waals surface area contributed by atoms with Crippen LogP contribution in [0.1, 0.15) is 42.9 Å². The van der Waals surface area contributed by atoms with Gasteiger partial charge in [0.15, 0.2) is 0 Å². The summed E-state index contributed by atoms with van der Waals surface area (Å²) in [6, 6.07) is 21.2. The molecule has 0 amide bonds. The van der Waals surface area contributed by atoms with Crippen LogP contribution in [0.5, 0.6) is 0 Å². The number of rotatable bonds is 5. The van der Waals surface area contributed by atoms with Crippen LogP contribution in [-0.4, -0.2) is 24.6 Å². The standard InChI is InChI=1S/C24H28N2O/c1-2-27-24(21-11-6-10-20(14-21)15-25)22-12-7-13-23(24)18-26(17-22)16-19-8-4-3-5-9-19/h3-6,8-11,14,22-23H,2,7,12-13,16-18H2,1H3/t22-,23+,24+. The molecule has 1 heterocycles. The van der Waals surface area contributed by atoms with E-state index in [-0.39, 0.29) is 5.60 Å². The monoisotopic (exact) mass is 360 g/mol. The Labute approximate surface area is 162 Å². The van der Waals surface area contributed by atoms with E-state index in [9.17, 15) is 5.26 Å². The molecule has 3 nitrogen and oxygen atoms in total. The van der Waals surface area contributed by atoms with E-state index >= 15 is 0 Å². The first-order chi connectivity index (χ1) is 13.3. The summed E-state index contributed by atoms with van der Waals surface area (Å²) >= 11 is 0. The maximum atomic E-state index is 9.38. The first kappa shape index (κ1) is 18.2. The van der Waals surface area contributed by atoms with Gasteiger partial charge in [-0.2, -0.15) is 5.26 Å². The van der Waals surface area contributed by atoms with Gasteiger partial charge in [0.2, 0.25) is 0 Å². The van der Waals surface area contributed by atoms with Gasteiger partial charge in [0.25, 0.3) is 0 Å². The van der Waals surface area contributed by atoms with E-state index in [0.717, 1.165) is 25.2 Å². The minimum Gasteiger partial charge on any atom is -0.370 e. The molecule has 0 radical (unpaired) electrons. The lowest BCUT2D eigenvalue weighted by atomic mass is 9.62. The predicted molar refractivity (Wildman–Crippen MR) is 107 cm³/mol. The zero-order chi connectivity index (χ0) is 18.7. The number of ether oxygens (including phenoxy) is 1. The smallest absolute Gasteiger partial charge is 0.101 e. The van der Waals surface area contributed by atoms with Crippen molar-refractivity contribution in [2.45, 2.75) is 38.3 Å². The summed E-state index contributed by atoms with van der Waals surface area (Å²) in [6.45, 7) is 5.93. The number of benzene rings is 2. The number of nitrogens with zero attached hydrogens (tertiary/aromatic N) is 2. The zero-order valence-corrected chi connectivity index (χ0v) is 16.1. The number of nitriles is 1. The summed E-state index contributed by atoms with van der Waals surface area (Å²) in [5.41, 5.74) is 3.08. The molecular weight excluding hydrogens is 332 g/mol. The lowest BCUT2D eigenvalue weighted by Gasteiger charge is -2.56. The van der Waals surface area contributed by atoms with Gasteiger partial charge in [-0.3, -0.25) is 4.90 Å². The number of hydrogen-bond donors (Lipinski definition) is 0. The molecule has 4 rings (SSSR count). The SMILES string of the molecule is CCO[C@@]1(c2cccc(C#N)c2)[C@@H]2CCC[C@H]1CN(Cc1ccccc1)C2. The van der Waals surface area contributed by atoms with E-state index in [0.29, 0.717) is 18.4 Å². The van der Waals surface area contributed by atoms with Crippen molar-refractivity contribution in [1.29, 1.82) is 5.26 Å². The van der Waals surface area contributed by atoms with Crippen molar-refractivity contribution in [1.82, 2.24) is 4.90 Å². The second-order valence-electron chi connectivity index (χ2n) is 7.92. The summed E-state index contributed by atoms with van der Waals surface area (Å²) in [4.78, 5) is 2.61. The number of likely N-dealkylation sites (tertiary alicyclic amines) is 1. The van der Waals surface area contributed by atoms with Crippen molar-refractivity contribution in [2.24, 2.45) is 11.8 Å². The molecule has 2 aromatic rings. The number of fused-ring (bicyclic) bond motifs is 2. The van der Waals surface area contributed by atoms with Crippen molar-refractivity contribution < 1.29 is 4.74 Å². The highest BCUT2D eigenvalue weighted by atomic mass is 16.5. The van der Waals surface area contributed by atoms with E-state index in [1.807, 2.05) is 12.1 Å². The summed E-state index contributed by atoms with van der Waals surface area (Å²) < 4.78 is 6.59. The topological polar surface area (TPSA) is 36.3 Å². The Morgan fingerprint density at radius 3 is 2.48 bits per heavy atom. The highest BCUT2D eigenvalue weighted by Gasteiger charge is 2.53. The first-order valence-electron chi connectivity index (χ1n) is 10.2. The van der Waals surface area contributed by atoms with Crippen LogP contribution >= 0.6 is 0 Å². The predicted octanol–water partition coefficient (Wildman–Crippen LogP) is 4.72. The van der Waals surface area contributed by atoms with E-state index in [2.05, 4.69) is 60.4 Å². The molecule has 0 aromatic heterocycles. The minimum absolute atomic E-state index is 0.243. The molecule has 27 heavy (non-hydrogen) atoms. The molecule has 140 valence electrons. The van der Waals surface area contributed by atoms with Crippen LogP contribution in [0, 0.1) is 23.2 Å². The maximum absolute atomic E-state index is 9.38. The summed E-state index contributed by atoms with van der Waals surface area (Å²) in [7, 11) is 0. The van der Waals surface area contributed by atoms with E-state index in [1.54, 1.807) is 0 Å². The average Bonchev–Trinajstić information content (AvgIpc) is 2.69. The second kappa shape index (κ2) is 7.84. The fourth-order valence-electron chi connectivity index (χ4n) is 5.36. The first-order valence-corrected chi connectivity index (χ1v) is 10.2. The fourth-order valence-corrected chi connectivity index (χ4v) is 5.36. The van der Waals surface area contributed by atoms with E-state index < -0.39 is 0 Å². The Morgan fingerprint density at radius 1 is 1.07 bits per heavy atom. The molecule has 1 saturated carbocycles. The lowest BCUT2D eigenvalue weighted by molar-refractivity contribution is -0.184. The molecule has 0 spiro atoms. The number of piperidine rings is 1. The lowest BCUT2D eigenvalue weighted by Crippen LogP contribution is -2.59. The normalized spacial score (nSPS) is 27.9. The highest BCUT2D eigenvalue weighted by molar-refractivity contribution is 5.37. The largest absolute Gasteiger partial charge is 0.370 e. The van der Waals surface area contributed by atoms with Crippen LogP contribution in [0.4, 0.5) is 0 Å². The van der Waals surface area contributed by atoms with Crippen LogP contribution in [0.3, 0.4) is 0 Å². The van der Waals surface area contributed by atoms with Gasteiger partial charge in [0.05, 0.1) is 11.6 Å². The third kappa shape index (κ3) is 3.40. The van der Waals surface area contributed by atoms with Crippen molar-refractivity contribution in [3.8, 4) is 6.07 Å². The molecule has 3 heteroatoms. The van der Waals surface area contributed by atoms with Gasteiger partial charge >= 0.3 is 0 Å². The molecule has 3 atom stereocenters. The van der Waals surface area contributed by atoms with Crippen molar-refractivity contribution in [2.75, 3.05) is 19.7 Å². The third-order valence-corrected chi connectivity index (χ3v) is 6.35. The summed E-state index contributed by atoms with van der Waals surface area (Å²) in [5.74, 6) is 0.949. The van der Waals surface area contributed by atoms with Crippen molar-refractivity contribution in [3.63, 3.8) is 0 Å². The number of hydrogen-bond acceptors (Lipinski definition) is 3. The maximum Gasteiger partial charge on any atom is 0.101 e. The highest BCUT2D eigenvalue weighted by Crippen LogP contribution is 2.52. The molecular formula is C24H28N2O. The van der Waals surface area contributed by atoms with Crippen LogP contribution in [0.15, 0.2) is 54.6 Å². The van der Waals surface area contributed by atoms with Crippen LogP contribution in [0.25, 0.3) is 0 Å². The Balaban J connectivity index is 1.66. The van der Waals surface area contributed by atoms with Gasteiger partial charge in [-0.1, -0.05) is 48.9 Å². The summed E-state index contributed by atoms with van der Waals surface area (Å²) in [6.07, 6.45) is 3.67. The Kier molecular flexibility index (Phi) is 5.29. The van der Waals surface area contributed by atoms with E-state index in [4.69, 9.17) is 4.74 Å². The molecule has 1 aliphatic heterocycles. The quantitative estimate of drug-likeness (QED) is 0.774. The molecule has 0 unspecified atom stereocenters. The van der Waals surface area contributed by atoms with Gasteiger partial charge in [-0.05, 0) is 43.0 Å². The van der Waals surface area contributed by atoms with Gasteiger partial charge in [0, 0.05) is 38.1 Å². The average molecular weight is 361 g/mol. The van der Waals surface area contributed by atoms with Gasteiger partial charge < -0.3 is 4.74 Å². The van der Waals surface area contributed by atoms with Gasteiger partial charge in [0.1, 0.15) is 5.60 Å². The molecule has 2 fully saturated rings. The molecule has 2 aromatic carbocycles. The van der Waals surface area contributed by atoms with Crippen LogP contribution < -0.4 is 0 Å². The summed E-state index contributed by atoms with van der Waals surface area (Å²) in [5, 5.41) is 9.38. The fraction of sp³-hybridized carbons (Fsp3) is 0.458. The van der Waals surface area contributed by atoms with Crippen molar-refractivity contribution >= 4 is 0 Å². The Bertz CT molecular complexity index is 797. The van der Waals surface area contributed by atoms with Crippen molar-refractivity contribution in [3.05, 3.63) is 71.3 Å². The third-order valence-electron chi connectivity index (χ3n) is 6.35. The van der Waals surface area contributed by atoms with Gasteiger partial charge in [-0.25, -0.2) is 0 Å². The molecule has 1 saturated heterocycles.